The van der Waals surface area contributed by atoms with E-state index in [0.29, 0.717) is 25.1 Å². The third-order valence-electron chi connectivity index (χ3n) is 3.91. The fraction of sp³-hybridized carbons (Fsp3) is 0.316. The van der Waals surface area contributed by atoms with E-state index in [9.17, 15) is 22.4 Å². The Morgan fingerprint density at radius 1 is 1.08 bits per heavy atom. The Bertz CT molecular complexity index is 755. The summed E-state index contributed by atoms with van der Waals surface area (Å²) in [7, 11) is 3.90. The first-order valence-corrected chi connectivity index (χ1v) is 8.09. The number of rotatable bonds is 6. The van der Waals surface area contributed by atoms with Crippen molar-refractivity contribution in [1.29, 1.82) is 0 Å². The van der Waals surface area contributed by atoms with Crippen molar-refractivity contribution in [3.05, 3.63) is 65.0 Å². The summed E-state index contributed by atoms with van der Waals surface area (Å²) >= 11 is 0. The minimum absolute atomic E-state index is 0.214. The van der Waals surface area contributed by atoms with E-state index in [4.69, 9.17) is 0 Å². The van der Waals surface area contributed by atoms with Crippen molar-refractivity contribution in [3.8, 4) is 0 Å². The molecule has 0 spiro atoms. The molecule has 1 N–H and O–H groups in total. The number of nitrogens with one attached hydrogen (secondary N) is 1. The molecule has 0 aromatic heterocycles. The van der Waals surface area contributed by atoms with Gasteiger partial charge < -0.3 is 10.2 Å². The summed E-state index contributed by atoms with van der Waals surface area (Å²) < 4.78 is 51.3. The van der Waals surface area contributed by atoms with Gasteiger partial charge in [-0.1, -0.05) is 12.1 Å². The van der Waals surface area contributed by atoms with Gasteiger partial charge in [-0.05, 0) is 48.7 Å². The van der Waals surface area contributed by atoms with Crippen molar-refractivity contribution >= 4 is 11.6 Å². The Morgan fingerprint density at radius 2 is 1.73 bits per heavy atom. The van der Waals surface area contributed by atoms with E-state index in [1.54, 1.807) is 0 Å². The minimum atomic E-state index is -4.83. The van der Waals surface area contributed by atoms with Crippen molar-refractivity contribution in [2.75, 3.05) is 25.5 Å². The highest BCUT2D eigenvalue weighted by Gasteiger charge is 2.34. The fourth-order valence-electron chi connectivity index (χ4n) is 2.44. The maximum atomic E-state index is 13.2. The number of aryl methyl sites for hydroxylation is 1. The smallest absolute Gasteiger partial charge is 0.378 e. The van der Waals surface area contributed by atoms with Gasteiger partial charge in [-0.15, -0.1) is 0 Å². The van der Waals surface area contributed by atoms with Gasteiger partial charge in [0.2, 0.25) is 0 Å². The largest absolute Gasteiger partial charge is 0.419 e. The minimum Gasteiger partial charge on any atom is -0.378 e. The van der Waals surface area contributed by atoms with Gasteiger partial charge in [-0.2, -0.15) is 13.2 Å². The zero-order chi connectivity index (χ0) is 19.3. The first-order chi connectivity index (χ1) is 12.2. The fourth-order valence-corrected chi connectivity index (χ4v) is 2.44. The van der Waals surface area contributed by atoms with Crippen molar-refractivity contribution in [3.63, 3.8) is 0 Å². The quantitative estimate of drug-likeness (QED) is 0.610. The number of hydrogen-bond donors (Lipinski definition) is 1. The lowest BCUT2D eigenvalue weighted by Gasteiger charge is -2.13. The summed E-state index contributed by atoms with van der Waals surface area (Å²) in [4.78, 5) is 13.9. The molecule has 3 nitrogen and oxygen atoms in total. The molecule has 7 heteroatoms. The SMILES string of the molecule is CN(C)c1ccc(CCCNC(=O)c2ccc(F)c(C(F)(F)F)c2)cc1. The van der Waals surface area contributed by atoms with E-state index in [2.05, 4.69) is 5.32 Å². The van der Waals surface area contributed by atoms with Crippen LogP contribution >= 0.6 is 0 Å². The zero-order valence-electron chi connectivity index (χ0n) is 14.5. The molecule has 0 bridgehead atoms. The van der Waals surface area contributed by atoms with E-state index < -0.39 is 23.5 Å². The Morgan fingerprint density at radius 3 is 2.31 bits per heavy atom. The Balaban J connectivity index is 1.87. The average Bonchev–Trinajstić information content (AvgIpc) is 2.58. The first-order valence-electron chi connectivity index (χ1n) is 8.09. The van der Waals surface area contributed by atoms with Crippen LogP contribution in [-0.2, 0) is 12.6 Å². The normalized spacial score (nSPS) is 11.3. The van der Waals surface area contributed by atoms with Crippen LogP contribution < -0.4 is 10.2 Å². The van der Waals surface area contributed by atoms with Crippen molar-refractivity contribution in [2.24, 2.45) is 0 Å². The molecule has 0 fully saturated rings. The number of anilines is 1. The summed E-state index contributed by atoms with van der Waals surface area (Å²) in [5, 5.41) is 2.56. The zero-order valence-corrected chi connectivity index (χ0v) is 14.5. The maximum absolute atomic E-state index is 13.2. The molecule has 26 heavy (non-hydrogen) atoms. The Labute approximate surface area is 149 Å². The highest BCUT2D eigenvalue weighted by Crippen LogP contribution is 2.31. The predicted octanol–water partition coefficient (Wildman–Crippen LogP) is 4.27. The first kappa shape index (κ1) is 19.8. The lowest BCUT2D eigenvalue weighted by Crippen LogP contribution is -2.25. The number of carbonyl (C=O) groups excluding carboxylic acids is 1. The highest BCUT2D eigenvalue weighted by atomic mass is 19.4. The summed E-state index contributed by atoms with van der Waals surface area (Å²) in [6.07, 6.45) is -3.47. The number of nitrogens with zero attached hydrogens (tertiary/aromatic N) is 1. The summed E-state index contributed by atoms with van der Waals surface area (Å²) in [5.41, 5.74) is 0.532. The highest BCUT2D eigenvalue weighted by molar-refractivity contribution is 5.94. The molecule has 0 aliphatic rings. The van der Waals surface area contributed by atoms with Gasteiger partial charge in [-0.3, -0.25) is 4.79 Å². The second-order valence-corrected chi connectivity index (χ2v) is 6.11. The topological polar surface area (TPSA) is 32.3 Å². The lowest BCUT2D eigenvalue weighted by atomic mass is 10.1. The van der Waals surface area contributed by atoms with Gasteiger partial charge in [0.1, 0.15) is 5.82 Å². The second kappa shape index (κ2) is 8.21. The molecule has 0 unspecified atom stereocenters. The molecule has 0 aliphatic carbocycles. The number of alkyl halides is 3. The van der Waals surface area contributed by atoms with Gasteiger partial charge in [-0.25, -0.2) is 4.39 Å². The molecular formula is C19H20F4N2O. The van der Waals surface area contributed by atoms with E-state index in [-0.39, 0.29) is 5.56 Å². The van der Waals surface area contributed by atoms with Crippen LogP contribution in [0.25, 0.3) is 0 Å². The van der Waals surface area contributed by atoms with Crippen LogP contribution in [0.4, 0.5) is 23.2 Å². The van der Waals surface area contributed by atoms with E-state index in [1.165, 1.54) is 0 Å². The molecule has 0 saturated carbocycles. The van der Waals surface area contributed by atoms with E-state index in [0.717, 1.165) is 23.7 Å². The van der Waals surface area contributed by atoms with Crippen LogP contribution in [-0.4, -0.2) is 26.5 Å². The summed E-state index contributed by atoms with van der Waals surface area (Å²) in [6.45, 7) is 0.312. The van der Waals surface area contributed by atoms with Crippen molar-refractivity contribution < 1.29 is 22.4 Å². The molecule has 0 heterocycles. The van der Waals surface area contributed by atoms with Gasteiger partial charge in [0.05, 0.1) is 5.56 Å². The number of amides is 1. The predicted molar refractivity (Wildman–Crippen MR) is 92.8 cm³/mol. The van der Waals surface area contributed by atoms with Crippen molar-refractivity contribution in [2.45, 2.75) is 19.0 Å². The average molecular weight is 368 g/mol. The van der Waals surface area contributed by atoms with Crippen LogP contribution in [0, 0.1) is 5.82 Å². The Kier molecular flexibility index (Phi) is 6.23. The molecule has 0 aliphatic heterocycles. The molecule has 1 amide bonds. The third kappa shape index (κ3) is 5.21. The van der Waals surface area contributed by atoms with Crippen LogP contribution in [0.1, 0.15) is 27.9 Å². The number of hydrogen-bond acceptors (Lipinski definition) is 2. The van der Waals surface area contributed by atoms with E-state index in [1.807, 2.05) is 43.3 Å². The van der Waals surface area contributed by atoms with Gasteiger partial charge in [0.15, 0.2) is 0 Å². The van der Waals surface area contributed by atoms with Crippen LogP contribution in [0.2, 0.25) is 0 Å². The lowest BCUT2D eigenvalue weighted by molar-refractivity contribution is -0.140. The van der Waals surface area contributed by atoms with Crippen LogP contribution in [0.15, 0.2) is 42.5 Å². The summed E-state index contributed by atoms with van der Waals surface area (Å²) in [5.74, 6) is -2.05. The molecule has 2 aromatic carbocycles. The number of carbonyl (C=O) groups is 1. The Hall–Kier alpha value is -2.57. The third-order valence-corrected chi connectivity index (χ3v) is 3.91. The van der Waals surface area contributed by atoms with E-state index >= 15 is 0 Å². The summed E-state index contributed by atoms with van der Waals surface area (Å²) in [6, 6.07) is 10.2. The monoisotopic (exact) mass is 368 g/mol. The van der Waals surface area contributed by atoms with Gasteiger partial charge >= 0.3 is 6.18 Å². The molecule has 2 aromatic rings. The molecular weight excluding hydrogens is 348 g/mol. The molecule has 0 radical (unpaired) electrons. The molecule has 0 saturated heterocycles. The van der Waals surface area contributed by atoms with Crippen molar-refractivity contribution in [1.82, 2.24) is 5.32 Å². The van der Waals surface area contributed by atoms with Crippen LogP contribution in [0.3, 0.4) is 0 Å². The number of halogens is 4. The maximum Gasteiger partial charge on any atom is 0.419 e. The van der Waals surface area contributed by atoms with Gasteiger partial charge in [0.25, 0.3) is 5.91 Å². The van der Waals surface area contributed by atoms with Gasteiger partial charge in [0, 0.05) is 31.9 Å². The standard InChI is InChI=1S/C19H20F4N2O/c1-25(2)15-8-5-13(6-9-15)4-3-11-24-18(26)14-7-10-17(20)16(12-14)19(21,22)23/h5-10,12H,3-4,11H2,1-2H3,(H,24,26). The molecule has 0 atom stereocenters. The molecule has 2 rings (SSSR count). The molecule has 140 valence electrons. The van der Waals surface area contributed by atoms with Crippen LogP contribution in [0.5, 0.6) is 0 Å². The second-order valence-electron chi connectivity index (χ2n) is 6.11. The number of benzene rings is 2.